The maximum atomic E-state index is 6.49. The lowest BCUT2D eigenvalue weighted by molar-refractivity contribution is 0.669. The Hall–Kier alpha value is -10.5. The van der Waals surface area contributed by atoms with Crippen molar-refractivity contribution in [1.29, 1.82) is 0 Å². The molecule has 3 aliphatic rings. The second-order valence-corrected chi connectivity index (χ2v) is 26.7. The van der Waals surface area contributed by atoms with E-state index >= 15 is 0 Å². The van der Waals surface area contributed by atoms with E-state index in [-0.39, 0.29) is 11.8 Å². The van der Waals surface area contributed by atoms with Gasteiger partial charge in [0, 0.05) is 55.3 Å². The van der Waals surface area contributed by atoms with Crippen molar-refractivity contribution in [2.24, 2.45) is 0 Å². The average molecular weight is 1090 g/mol. The molecule has 4 heteroatoms. The van der Waals surface area contributed by atoms with Crippen molar-refractivity contribution in [2.75, 3.05) is 0 Å². The summed E-state index contributed by atoms with van der Waals surface area (Å²) < 4.78 is 11.6. The maximum Gasteiger partial charge on any atom is 0.179 e. The lowest BCUT2D eigenvalue weighted by atomic mass is 9.59. The van der Waals surface area contributed by atoms with Crippen LogP contribution < -0.4 is 20.7 Å². The van der Waals surface area contributed by atoms with Crippen molar-refractivity contribution in [3.05, 3.63) is 337 Å². The Bertz CT molecular complexity index is 5240. The number of para-hydroxylation sites is 5. The Morgan fingerprint density at radius 3 is 1.32 bits per heavy atom. The van der Waals surface area contributed by atoms with Crippen LogP contribution in [-0.2, 0) is 0 Å². The normalized spacial score (nSPS) is 14.4. The topological polar surface area (TPSA) is 23.0 Å². The van der Waals surface area contributed by atoms with E-state index in [1.807, 2.05) is 0 Å². The summed E-state index contributed by atoms with van der Waals surface area (Å²) in [6.45, 7) is 0. The van der Waals surface area contributed by atoms with Crippen LogP contribution in [0.25, 0.3) is 99.2 Å². The molecular weight excluding hydrogens is 1030 g/mol. The summed E-state index contributed by atoms with van der Waals surface area (Å²) in [6.07, 6.45) is 0. The first-order valence-corrected chi connectivity index (χ1v) is 31.3. The molecule has 19 rings (SSSR count). The molecule has 3 aromatic heterocycles. The Kier molecular flexibility index (Phi) is 10.2. The van der Waals surface area contributed by atoms with Gasteiger partial charge in [0.25, 0.3) is 0 Å². The third-order valence-electron chi connectivity index (χ3n) is 18.9. The number of aromatic nitrogens is 2. The summed E-state index contributed by atoms with van der Waals surface area (Å²) in [5.41, 5.74) is 22.1. The minimum absolute atomic E-state index is 0.0256. The molecule has 3 aliphatic carbocycles. The third-order valence-corrected chi connectivity index (χ3v) is 23.6. The van der Waals surface area contributed by atoms with E-state index in [0.29, 0.717) is 0 Å². The molecule has 0 N–H and O–H groups in total. The molecule has 16 aromatic rings. The molecule has 2 bridgehead atoms. The molecule has 0 spiro atoms. The number of furan rings is 1. The van der Waals surface area contributed by atoms with Crippen molar-refractivity contribution in [3.8, 4) is 33.6 Å². The number of rotatable bonds is 8. The number of hydrogen-bond acceptors (Lipinski definition) is 1. The summed E-state index contributed by atoms with van der Waals surface area (Å²) in [5.74, 6) is 0.0363. The van der Waals surface area contributed by atoms with Crippen LogP contribution in [0.4, 0.5) is 0 Å². The molecule has 0 saturated heterocycles. The van der Waals surface area contributed by atoms with Crippen molar-refractivity contribution < 1.29 is 4.42 Å². The molecule has 392 valence electrons. The highest BCUT2D eigenvalue weighted by molar-refractivity contribution is 7.20. The molecule has 0 fully saturated rings. The van der Waals surface area contributed by atoms with Gasteiger partial charge in [0.2, 0.25) is 0 Å². The predicted molar refractivity (Wildman–Crippen MR) is 352 cm³/mol. The molecule has 2 atom stereocenters. The molecule has 84 heavy (non-hydrogen) atoms. The van der Waals surface area contributed by atoms with E-state index in [0.717, 1.165) is 38.9 Å². The number of fused-ring (bicyclic) bond motifs is 9. The Balaban J connectivity index is 0.864. The van der Waals surface area contributed by atoms with Crippen LogP contribution in [0, 0.1) is 0 Å². The highest BCUT2D eigenvalue weighted by Crippen LogP contribution is 2.61. The van der Waals surface area contributed by atoms with Crippen LogP contribution >= 0.6 is 0 Å². The minimum atomic E-state index is -2.82. The van der Waals surface area contributed by atoms with Crippen molar-refractivity contribution >= 4 is 94.4 Å². The van der Waals surface area contributed by atoms with E-state index in [1.165, 1.54) is 114 Å². The molecular formula is C80H52N2OSi. The Labute approximate surface area is 487 Å². The lowest BCUT2D eigenvalue weighted by Gasteiger charge is -2.43. The summed E-state index contributed by atoms with van der Waals surface area (Å²) in [7, 11) is -2.82. The highest BCUT2D eigenvalue weighted by Gasteiger charge is 2.45. The van der Waals surface area contributed by atoms with Crippen LogP contribution in [0.3, 0.4) is 0 Å². The molecule has 0 amide bonds. The van der Waals surface area contributed by atoms with Crippen LogP contribution in [0.1, 0.15) is 45.2 Å². The summed E-state index contributed by atoms with van der Waals surface area (Å²) >= 11 is 0. The largest absolute Gasteiger partial charge is 0.456 e. The van der Waals surface area contributed by atoms with Crippen LogP contribution in [0.15, 0.2) is 308 Å². The Morgan fingerprint density at radius 2 is 0.714 bits per heavy atom. The monoisotopic (exact) mass is 1080 g/mol. The molecule has 13 aromatic carbocycles. The zero-order valence-electron chi connectivity index (χ0n) is 45.8. The summed E-state index contributed by atoms with van der Waals surface area (Å²) in [5, 5.41) is 12.9. The number of nitrogens with zero attached hydrogens (tertiary/aromatic N) is 2. The van der Waals surface area contributed by atoms with Gasteiger partial charge in [-0.2, -0.15) is 0 Å². The smallest absolute Gasteiger partial charge is 0.179 e. The molecule has 0 radical (unpaired) electrons. The number of hydrogen-bond donors (Lipinski definition) is 0. The maximum absolute atomic E-state index is 6.49. The van der Waals surface area contributed by atoms with Gasteiger partial charge in [0.1, 0.15) is 11.2 Å². The van der Waals surface area contributed by atoms with Gasteiger partial charge >= 0.3 is 0 Å². The van der Waals surface area contributed by atoms with E-state index < -0.39 is 8.07 Å². The van der Waals surface area contributed by atoms with Gasteiger partial charge in [-0.3, -0.25) is 0 Å². The van der Waals surface area contributed by atoms with Crippen LogP contribution in [-0.4, -0.2) is 17.2 Å². The van der Waals surface area contributed by atoms with Gasteiger partial charge in [0.15, 0.2) is 8.07 Å². The van der Waals surface area contributed by atoms with Crippen LogP contribution in [0.5, 0.6) is 0 Å². The van der Waals surface area contributed by atoms with Crippen molar-refractivity contribution in [1.82, 2.24) is 9.13 Å². The third kappa shape index (κ3) is 6.51. The molecule has 3 nitrogen and oxygen atoms in total. The van der Waals surface area contributed by atoms with E-state index in [9.17, 15) is 0 Å². The van der Waals surface area contributed by atoms with Crippen molar-refractivity contribution in [2.45, 2.75) is 11.8 Å². The van der Waals surface area contributed by atoms with E-state index in [2.05, 4.69) is 312 Å². The number of benzene rings is 13. The SMILES string of the molecule is c1ccc([Si](c2ccccc2)(c2ccccc2)c2cccc(-c3ccccc3-n3c4ccccc4c4c5c(ccc43)C3c4ccccc4C5c4c3ccc3c4c4ccccc4n3-c3ccccc3-c3cccc4oc5ccccc5c34)c2)cc1. The zero-order valence-corrected chi connectivity index (χ0v) is 46.8. The van der Waals surface area contributed by atoms with Gasteiger partial charge < -0.3 is 13.6 Å². The van der Waals surface area contributed by atoms with E-state index in [4.69, 9.17) is 4.42 Å². The summed E-state index contributed by atoms with van der Waals surface area (Å²) in [4.78, 5) is 0. The zero-order chi connectivity index (χ0) is 55.0. The first-order chi connectivity index (χ1) is 41.7. The first kappa shape index (κ1) is 47.1. The quantitative estimate of drug-likeness (QED) is 0.110. The van der Waals surface area contributed by atoms with Gasteiger partial charge in [-0.1, -0.05) is 255 Å². The van der Waals surface area contributed by atoms with Gasteiger partial charge in [0.05, 0.1) is 33.4 Å². The second kappa shape index (κ2) is 18.2. The fraction of sp³-hybridized carbons (Fsp3) is 0.0250. The van der Waals surface area contributed by atoms with Gasteiger partial charge in [-0.15, -0.1) is 0 Å². The predicted octanol–water partition coefficient (Wildman–Crippen LogP) is 17.5. The van der Waals surface area contributed by atoms with Gasteiger partial charge in [-0.25, -0.2) is 0 Å². The second-order valence-electron chi connectivity index (χ2n) is 22.9. The highest BCUT2D eigenvalue weighted by atomic mass is 28.3. The molecule has 0 aliphatic heterocycles. The standard InChI is InChI=1S/C80H52N2OSi/c1-4-25-52(26-5-1)84(53-27-6-2-7-28-53,54-29-8-3-9-30-54)55-31-22-24-51(50-55)56-32-12-17-40-66(56)81-68-42-19-14-36-61(68)76-70(81)48-46-64-74-59-34-10-11-35-60(59)78(79(64)76)80-65(74)47-49-71-77(80)62-37-15-20-43-69(62)82(71)67-41-18-13-33-57(67)58-39-23-45-73-75(58)63-38-16-21-44-72(63)83-73/h1-50,74,78H. The molecule has 2 unspecified atom stereocenters. The average Bonchev–Trinajstić information content (AvgIpc) is 2.06. The molecule has 0 saturated carbocycles. The fourth-order valence-corrected chi connectivity index (χ4v) is 20.4. The summed E-state index contributed by atoms with van der Waals surface area (Å²) in [6, 6.07) is 114. The Morgan fingerprint density at radius 1 is 0.274 bits per heavy atom. The van der Waals surface area contributed by atoms with Crippen LogP contribution in [0.2, 0.25) is 0 Å². The fourth-order valence-electron chi connectivity index (χ4n) is 15.6. The first-order valence-electron chi connectivity index (χ1n) is 29.3. The molecule has 3 heterocycles. The minimum Gasteiger partial charge on any atom is -0.456 e. The van der Waals surface area contributed by atoms with Gasteiger partial charge in [-0.05, 0) is 114 Å². The van der Waals surface area contributed by atoms with E-state index in [1.54, 1.807) is 0 Å². The lowest BCUT2D eigenvalue weighted by Crippen LogP contribution is -2.74. The van der Waals surface area contributed by atoms with Crippen molar-refractivity contribution in [3.63, 3.8) is 0 Å².